The van der Waals surface area contributed by atoms with E-state index in [-0.39, 0.29) is 12.2 Å². The quantitative estimate of drug-likeness (QED) is 0.0502. The number of benzene rings is 4. The lowest BCUT2D eigenvalue weighted by Gasteiger charge is -2.43. The summed E-state index contributed by atoms with van der Waals surface area (Å²) in [7, 11) is 0. The van der Waals surface area contributed by atoms with Gasteiger partial charge in [0.25, 0.3) is 0 Å². The van der Waals surface area contributed by atoms with Gasteiger partial charge in [-0.15, -0.1) is 0 Å². The Morgan fingerprint density at radius 2 is 0.662 bits per heavy atom. The lowest BCUT2D eigenvalue weighted by atomic mass is 9.67. The number of hydrogen-bond donors (Lipinski definition) is 0. The van der Waals surface area contributed by atoms with Gasteiger partial charge in [-0.25, -0.2) is 17.6 Å². The highest BCUT2D eigenvalue weighted by atomic mass is 19.2. The van der Waals surface area contributed by atoms with Crippen LogP contribution in [0.3, 0.4) is 0 Å². The van der Waals surface area contributed by atoms with Gasteiger partial charge in [-0.1, -0.05) is 190 Å². The molecule has 0 radical (unpaired) electrons. The van der Waals surface area contributed by atoms with E-state index in [1.165, 1.54) is 191 Å². The highest BCUT2D eigenvalue weighted by Gasteiger charge is 2.39. The van der Waals surface area contributed by atoms with Crippen molar-refractivity contribution in [2.24, 2.45) is 47.3 Å². The van der Waals surface area contributed by atoms with E-state index in [4.69, 9.17) is 4.74 Å². The molecule has 4 aromatic rings. The predicted octanol–water partition coefficient (Wildman–Crippen LogP) is 21.1. The van der Waals surface area contributed by atoms with E-state index in [9.17, 15) is 17.6 Å². The molecule has 4 aliphatic carbocycles. The van der Waals surface area contributed by atoms with Crippen LogP contribution < -0.4 is 0 Å². The third kappa shape index (κ3) is 15.3. The third-order valence-corrected chi connectivity index (χ3v) is 18.8. The van der Waals surface area contributed by atoms with E-state index in [2.05, 4.69) is 62.4 Å². The van der Waals surface area contributed by atoms with E-state index in [0.717, 1.165) is 83.4 Å². The molecular weight excluding hydrogens is 885 g/mol. The molecule has 0 bridgehead atoms. The fourth-order valence-corrected chi connectivity index (χ4v) is 14.3. The molecule has 0 N–H and O–H groups in total. The minimum atomic E-state index is -0.834. The summed E-state index contributed by atoms with van der Waals surface area (Å²) in [5.74, 6) is 2.53. The molecule has 0 spiro atoms. The summed E-state index contributed by atoms with van der Waals surface area (Å²) in [6, 6.07) is 25.3. The molecule has 388 valence electrons. The maximum atomic E-state index is 14.4. The second kappa shape index (κ2) is 27.7. The van der Waals surface area contributed by atoms with Crippen LogP contribution in [0.5, 0.6) is 0 Å². The first-order valence-electron chi connectivity index (χ1n) is 29.5. The lowest BCUT2D eigenvalue weighted by Crippen LogP contribution is -2.31. The van der Waals surface area contributed by atoms with Crippen LogP contribution in [-0.2, 0) is 4.74 Å². The van der Waals surface area contributed by atoms with Crippen LogP contribution in [-0.4, -0.2) is 0 Å². The summed E-state index contributed by atoms with van der Waals surface area (Å²) in [5, 5.41) is 0. The van der Waals surface area contributed by atoms with Crippen LogP contribution in [0.15, 0.2) is 84.9 Å². The number of rotatable bonds is 24. The molecule has 0 aromatic heterocycles. The summed E-state index contributed by atoms with van der Waals surface area (Å²) in [4.78, 5) is 0. The van der Waals surface area contributed by atoms with Crippen molar-refractivity contribution < 1.29 is 22.3 Å². The Hall–Kier alpha value is -3.44. The van der Waals surface area contributed by atoms with E-state index in [1.807, 2.05) is 0 Å². The predicted molar refractivity (Wildman–Crippen MR) is 288 cm³/mol. The minimum Gasteiger partial charge on any atom is -0.365 e. The van der Waals surface area contributed by atoms with Crippen molar-refractivity contribution in [2.45, 2.75) is 219 Å². The van der Waals surface area contributed by atoms with Crippen molar-refractivity contribution in [3.63, 3.8) is 0 Å². The Bertz CT molecular complexity index is 1980. The van der Waals surface area contributed by atoms with Gasteiger partial charge >= 0.3 is 0 Å². The van der Waals surface area contributed by atoms with Gasteiger partial charge in [-0.05, 0) is 182 Å². The Balaban J connectivity index is 0.972. The van der Waals surface area contributed by atoms with Crippen LogP contribution in [0.1, 0.15) is 230 Å². The van der Waals surface area contributed by atoms with Crippen molar-refractivity contribution in [1.29, 1.82) is 0 Å². The van der Waals surface area contributed by atoms with E-state index in [0.29, 0.717) is 23.0 Å². The van der Waals surface area contributed by atoms with E-state index < -0.39 is 23.3 Å². The molecule has 0 aliphatic heterocycles. The first-order chi connectivity index (χ1) is 34.8. The second-order valence-electron chi connectivity index (χ2n) is 23.5. The number of halogens is 4. The average Bonchev–Trinajstić information content (AvgIpc) is 3.41. The molecule has 2 atom stereocenters. The fraction of sp³-hybridized carbons (Fsp3) is 0.636. The maximum Gasteiger partial charge on any atom is 0.159 e. The summed E-state index contributed by atoms with van der Waals surface area (Å²) in [6.45, 7) is 4.60. The molecular formula is C66H90F4O. The summed E-state index contributed by atoms with van der Waals surface area (Å²) >= 11 is 0. The highest BCUT2D eigenvalue weighted by Crippen LogP contribution is 2.51. The molecule has 71 heavy (non-hydrogen) atoms. The molecule has 0 saturated heterocycles. The molecule has 5 heteroatoms. The van der Waals surface area contributed by atoms with Gasteiger partial charge in [0.2, 0.25) is 0 Å². The summed E-state index contributed by atoms with van der Waals surface area (Å²) in [6.07, 6.45) is 40.1. The zero-order valence-electron chi connectivity index (χ0n) is 44.0. The van der Waals surface area contributed by atoms with Gasteiger partial charge in [-0.3, -0.25) is 0 Å². The van der Waals surface area contributed by atoms with E-state index >= 15 is 0 Å². The fourth-order valence-electron chi connectivity index (χ4n) is 14.3. The molecule has 0 amide bonds. The van der Waals surface area contributed by atoms with Crippen molar-refractivity contribution in [3.8, 4) is 22.3 Å². The first kappa shape index (κ1) is 53.8. The van der Waals surface area contributed by atoms with Crippen LogP contribution >= 0.6 is 0 Å². The van der Waals surface area contributed by atoms with Gasteiger partial charge in [-0.2, -0.15) is 0 Å². The zero-order chi connectivity index (χ0) is 49.4. The largest absolute Gasteiger partial charge is 0.365 e. The second-order valence-corrected chi connectivity index (χ2v) is 23.5. The SMILES string of the molecule is CCCCCCCCC1CCC(C2CCC(C(OC(c3ccc(-c4ccc(F)c(F)c4)cc3)C3CCC(C4CCC(CCCCCCCC)CC4)CC3)c3ccc(-c4ccc(F)c(F)c4)cc3)CC2)CC1. The molecule has 2 unspecified atom stereocenters. The molecule has 4 saturated carbocycles. The van der Waals surface area contributed by atoms with Crippen LogP contribution in [0.25, 0.3) is 22.3 Å². The first-order valence-corrected chi connectivity index (χ1v) is 29.5. The Morgan fingerprint density at radius 3 is 1.00 bits per heavy atom. The van der Waals surface area contributed by atoms with Crippen LogP contribution in [0.4, 0.5) is 17.6 Å². The van der Waals surface area contributed by atoms with Crippen molar-refractivity contribution in [2.75, 3.05) is 0 Å². The van der Waals surface area contributed by atoms with Gasteiger partial charge in [0.05, 0.1) is 12.2 Å². The van der Waals surface area contributed by atoms with Crippen LogP contribution in [0, 0.1) is 70.6 Å². The normalized spacial score (nSPS) is 26.0. The lowest BCUT2D eigenvalue weighted by molar-refractivity contribution is -0.0934. The number of unbranched alkanes of at least 4 members (excludes halogenated alkanes) is 10. The van der Waals surface area contributed by atoms with Crippen molar-refractivity contribution >= 4 is 0 Å². The maximum absolute atomic E-state index is 14.4. The zero-order valence-corrected chi connectivity index (χ0v) is 44.0. The number of ether oxygens (including phenoxy) is 1. The average molecular weight is 975 g/mol. The minimum absolute atomic E-state index is 0.112. The smallest absolute Gasteiger partial charge is 0.159 e. The molecule has 4 aliphatic rings. The number of hydrogen-bond acceptors (Lipinski definition) is 1. The van der Waals surface area contributed by atoms with Gasteiger partial charge in [0, 0.05) is 0 Å². The third-order valence-electron chi connectivity index (χ3n) is 18.8. The summed E-state index contributed by atoms with van der Waals surface area (Å²) in [5.41, 5.74) is 5.37. The molecule has 4 aromatic carbocycles. The molecule has 4 fully saturated rings. The Morgan fingerprint density at radius 1 is 0.352 bits per heavy atom. The highest BCUT2D eigenvalue weighted by molar-refractivity contribution is 5.64. The standard InChI is InChI=1S/C66H90F4O/c1-3-5-7-9-11-13-15-47-17-21-49(22-18-47)51-25-33-55(34-26-51)65(57-37-29-53(30-38-57)59-41-43-61(67)63(69)45-59)71-66(58-39-31-54(32-40-58)60-42-44-62(68)64(70)46-60)56-35-27-52(28-36-56)50-23-19-48(20-24-50)16-14-12-10-8-6-4-2/h29-32,37-52,55-56,65-66H,3-28,33-36H2,1-2H3. The molecule has 8 rings (SSSR count). The summed E-state index contributed by atoms with van der Waals surface area (Å²) < 4.78 is 64.6. The van der Waals surface area contributed by atoms with Gasteiger partial charge in [0.15, 0.2) is 23.3 Å². The Kier molecular flexibility index (Phi) is 21.0. The molecule has 1 nitrogen and oxygen atoms in total. The monoisotopic (exact) mass is 975 g/mol. The van der Waals surface area contributed by atoms with Gasteiger partial charge < -0.3 is 4.74 Å². The van der Waals surface area contributed by atoms with Gasteiger partial charge in [0.1, 0.15) is 0 Å². The molecule has 0 heterocycles. The van der Waals surface area contributed by atoms with Crippen molar-refractivity contribution in [3.05, 3.63) is 119 Å². The van der Waals surface area contributed by atoms with Crippen LogP contribution in [0.2, 0.25) is 0 Å². The van der Waals surface area contributed by atoms with Crippen molar-refractivity contribution in [1.82, 2.24) is 0 Å². The topological polar surface area (TPSA) is 9.23 Å². The van der Waals surface area contributed by atoms with E-state index in [1.54, 1.807) is 12.1 Å². The Labute approximate surface area is 428 Å².